The molecule has 164 valence electrons. The number of hydrogen-bond acceptors (Lipinski definition) is 9. The normalized spacial score (nSPS) is 30.2. The van der Waals surface area contributed by atoms with Gasteiger partial charge in [0.25, 0.3) is 0 Å². The van der Waals surface area contributed by atoms with Crippen molar-refractivity contribution in [2.24, 2.45) is 0 Å². The SMILES string of the molecule is CCOC(=O)C(C[C@H]1OC(O)[C@H]2OC(CC)(CC)O[C@H]21)P(=O)(OCC)OCC. The highest BCUT2D eigenvalue weighted by molar-refractivity contribution is 7.55. The summed E-state index contributed by atoms with van der Waals surface area (Å²) in [5, 5.41) is 10.3. The largest absolute Gasteiger partial charge is 0.465 e. The lowest BCUT2D eigenvalue weighted by atomic mass is 10.1. The van der Waals surface area contributed by atoms with Crippen LogP contribution in [0.2, 0.25) is 0 Å². The van der Waals surface area contributed by atoms with E-state index in [9.17, 15) is 14.5 Å². The van der Waals surface area contributed by atoms with Crippen molar-refractivity contribution in [1.82, 2.24) is 0 Å². The second-order valence-electron chi connectivity index (χ2n) is 6.73. The number of esters is 1. The highest BCUT2D eigenvalue weighted by atomic mass is 31.2. The van der Waals surface area contributed by atoms with E-state index in [1.165, 1.54) is 0 Å². The van der Waals surface area contributed by atoms with E-state index in [0.29, 0.717) is 12.8 Å². The van der Waals surface area contributed by atoms with Gasteiger partial charge in [-0.25, -0.2) is 0 Å². The Hall–Kier alpha value is -0.540. The van der Waals surface area contributed by atoms with Crippen LogP contribution in [0, 0.1) is 0 Å². The molecule has 2 aliphatic rings. The fourth-order valence-electron chi connectivity index (χ4n) is 3.66. The first-order valence-corrected chi connectivity index (χ1v) is 11.6. The van der Waals surface area contributed by atoms with Crippen molar-refractivity contribution in [2.45, 2.75) is 89.9 Å². The van der Waals surface area contributed by atoms with Crippen LogP contribution in [0.15, 0.2) is 0 Å². The van der Waals surface area contributed by atoms with Gasteiger partial charge in [0.2, 0.25) is 0 Å². The van der Waals surface area contributed by atoms with Gasteiger partial charge in [-0.3, -0.25) is 9.36 Å². The topological polar surface area (TPSA) is 110 Å². The summed E-state index contributed by atoms with van der Waals surface area (Å²) >= 11 is 0. The molecular weight excluding hydrogens is 391 g/mol. The summed E-state index contributed by atoms with van der Waals surface area (Å²) in [5.74, 6) is -1.49. The monoisotopic (exact) mass is 424 g/mol. The molecule has 0 aromatic heterocycles. The van der Waals surface area contributed by atoms with E-state index in [1.807, 2.05) is 13.8 Å². The molecule has 2 rings (SSSR count). The second kappa shape index (κ2) is 9.98. The maximum absolute atomic E-state index is 13.3. The van der Waals surface area contributed by atoms with Crippen molar-refractivity contribution in [3.63, 3.8) is 0 Å². The van der Waals surface area contributed by atoms with E-state index in [2.05, 4.69) is 0 Å². The summed E-state index contributed by atoms with van der Waals surface area (Å²) in [6.45, 7) is 9.23. The van der Waals surface area contributed by atoms with E-state index in [0.717, 1.165) is 0 Å². The lowest BCUT2D eigenvalue weighted by Crippen LogP contribution is -2.37. The van der Waals surface area contributed by atoms with Crippen LogP contribution in [0.3, 0.4) is 0 Å². The predicted molar refractivity (Wildman–Crippen MR) is 99.8 cm³/mol. The molecule has 2 fully saturated rings. The van der Waals surface area contributed by atoms with E-state index in [4.69, 9.17) is 28.0 Å². The van der Waals surface area contributed by atoms with Crippen molar-refractivity contribution in [1.29, 1.82) is 0 Å². The number of fused-ring (bicyclic) bond motifs is 1. The van der Waals surface area contributed by atoms with Crippen LogP contribution in [-0.2, 0) is 37.4 Å². The summed E-state index contributed by atoms with van der Waals surface area (Å²) in [5.41, 5.74) is -1.19. The molecule has 1 N–H and O–H groups in total. The first kappa shape index (κ1) is 23.7. The van der Waals surface area contributed by atoms with Gasteiger partial charge in [-0.2, -0.15) is 0 Å². The average molecular weight is 424 g/mol. The zero-order valence-electron chi connectivity index (χ0n) is 17.3. The Labute approximate surface area is 166 Å². The third kappa shape index (κ3) is 4.78. The molecule has 2 aliphatic heterocycles. The fraction of sp³-hybridized carbons (Fsp3) is 0.944. The number of carbonyl (C=O) groups excluding carboxylic acids is 1. The molecule has 0 radical (unpaired) electrons. The van der Waals surface area contributed by atoms with Crippen molar-refractivity contribution in [3.8, 4) is 0 Å². The van der Waals surface area contributed by atoms with Gasteiger partial charge in [0.15, 0.2) is 17.7 Å². The molecule has 2 saturated heterocycles. The van der Waals surface area contributed by atoms with Gasteiger partial charge in [-0.05, 0) is 33.6 Å². The number of rotatable bonds is 11. The molecule has 0 spiro atoms. The van der Waals surface area contributed by atoms with Crippen LogP contribution in [0.5, 0.6) is 0 Å². The van der Waals surface area contributed by atoms with Crippen LogP contribution < -0.4 is 0 Å². The van der Waals surface area contributed by atoms with Crippen LogP contribution in [0.4, 0.5) is 0 Å². The standard InChI is InChI=1S/C18H33O9P/c1-6-18(7-2)26-14-12(25-17(20)15(14)27-18)11-13(16(19)22-8-3)28(21,23-9-4)24-10-5/h12-15,17,20H,6-11H2,1-5H3/t12-,13?,14+,15+,17?/m1/s1. The molecule has 2 heterocycles. The third-order valence-electron chi connectivity index (χ3n) is 5.08. The molecule has 0 aliphatic carbocycles. The van der Waals surface area contributed by atoms with E-state index >= 15 is 0 Å². The lowest BCUT2D eigenvalue weighted by molar-refractivity contribution is -0.238. The Morgan fingerprint density at radius 3 is 2.11 bits per heavy atom. The van der Waals surface area contributed by atoms with Crippen molar-refractivity contribution >= 4 is 13.6 Å². The van der Waals surface area contributed by atoms with Gasteiger partial charge in [-0.1, -0.05) is 13.8 Å². The molecule has 0 saturated carbocycles. The van der Waals surface area contributed by atoms with Gasteiger partial charge in [-0.15, -0.1) is 0 Å². The number of carbonyl (C=O) groups is 1. The molecule has 2 unspecified atom stereocenters. The third-order valence-corrected chi connectivity index (χ3v) is 7.50. The van der Waals surface area contributed by atoms with Crippen LogP contribution in [0.1, 0.15) is 53.9 Å². The summed E-state index contributed by atoms with van der Waals surface area (Å²) in [4.78, 5) is 12.6. The highest BCUT2D eigenvalue weighted by Crippen LogP contribution is 2.56. The van der Waals surface area contributed by atoms with Gasteiger partial charge in [0.1, 0.15) is 12.2 Å². The predicted octanol–water partition coefficient (Wildman–Crippen LogP) is 2.59. The summed E-state index contributed by atoms with van der Waals surface area (Å²) in [6, 6.07) is 0. The quantitative estimate of drug-likeness (QED) is 0.395. The Balaban J connectivity index is 2.26. The molecule has 5 atom stereocenters. The lowest BCUT2D eigenvalue weighted by Gasteiger charge is -2.30. The van der Waals surface area contributed by atoms with Crippen molar-refractivity contribution in [3.05, 3.63) is 0 Å². The second-order valence-corrected chi connectivity index (χ2v) is 8.95. The average Bonchev–Trinajstić information content (AvgIpc) is 3.18. The van der Waals surface area contributed by atoms with Gasteiger partial charge >= 0.3 is 13.6 Å². The highest BCUT2D eigenvalue weighted by Gasteiger charge is 2.58. The van der Waals surface area contributed by atoms with Gasteiger partial charge < -0.3 is 33.1 Å². The summed E-state index contributed by atoms with van der Waals surface area (Å²) < 4.78 is 46.8. The van der Waals surface area contributed by atoms with Crippen LogP contribution in [-0.4, -0.2) is 66.9 Å². The van der Waals surface area contributed by atoms with Crippen molar-refractivity contribution in [2.75, 3.05) is 19.8 Å². The molecule has 10 heteroatoms. The molecule has 0 aromatic carbocycles. The fourth-order valence-corrected chi connectivity index (χ4v) is 5.62. The number of ether oxygens (including phenoxy) is 4. The minimum Gasteiger partial charge on any atom is -0.465 e. The molecule has 28 heavy (non-hydrogen) atoms. The first-order chi connectivity index (χ1) is 13.3. The smallest absolute Gasteiger partial charge is 0.344 e. The zero-order valence-corrected chi connectivity index (χ0v) is 18.2. The Bertz CT molecular complexity index is 555. The maximum atomic E-state index is 13.3. The number of hydrogen-bond donors (Lipinski definition) is 1. The van der Waals surface area contributed by atoms with Gasteiger partial charge in [0, 0.05) is 6.42 Å². The van der Waals surface area contributed by atoms with Crippen molar-refractivity contribution < 1.29 is 42.5 Å². The Morgan fingerprint density at radius 2 is 1.61 bits per heavy atom. The van der Waals surface area contributed by atoms with Crippen LogP contribution >= 0.6 is 7.60 Å². The Morgan fingerprint density at radius 1 is 1.04 bits per heavy atom. The minimum absolute atomic E-state index is 0.0405. The zero-order chi connectivity index (χ0) is 20.9. The molecular formula is C18H33O9P. The Kier molecular flexibility index (Phi) is 8.46. The van der Waals surface area contributed by atoms with E-state index in [-0.39, 0.29) is 26.2 Å². The van der Waals surface area contributed by atoms with Crippen LogP contribution in [0.25, 0.3) is 0 Å². The summed E-state index contributed by atoms with van der Waals surface area (Å²) in [6.07, 6.45) is -2.02. The molecule has 0 aromatic rings. The first-order valence-electron chi connectivity index (χ1n) is 10.0. The number of aliphatic hydroxyl groups is 1. The molecule has 0 bridgehead atoms. The number of aliphatic hydroxyl groups excluding tert-OH is 1. The molecule has 0 amide bonds. The minimum atomic E-state index is -3.80. The summed E-state index contributed by atoms with van der Waals surface area (Å²) in [7, 11) is -3.80. The van der Waals surface area contributed by atoms with Gasteiger partial charge in [0.05, 0.1) is 25.9 Å². The van der Waals surface area contributed by atoms with E-state index in [1.54, 1.807) is 20.8 Å². The maximum Gasteiger partial charge on any atom is 0.344 e. The van der Waals surface area contributed by atoms with E-state index < -0.39 is 49.6 Å². The molecule has 9 nitrogen and oxygen atoms in total.